The van der Waals surface area contributed by atoms with E-state index < -0.39 is 18.1 Å². The van der Waals surface area contributed by atoms with Crippen molar-refractivity contribution in [1.82, 2.24) is 0 Å². The largest absolute Gasteiger partial charge is 0 e. The van der Waals surface area contributed by atoms with E-state index in [4.69, 9.17) is 14.8 Å². The molecule has 0 heterocycles. The zero-order valence-corrected chi connectivity index (χ0v) is 6.88. The molecule has 4 nitrogen and oxygen atoms in total. The average molecular weight is 406 g/mol. The molecule has 0 aliphatic carbocycles. The van der Waals surface area contributed by atoms with E-state index in [1.807, 2.05) is 0 Å². The van der Waals surface area contributed by atoms with E-state index in [-0.39, 0.29) is 89.3 Å². The van der Waals surface area contributed by atoms with Gasteiger partial charge in [-0.3, -0.25) is 0 Å². The smallest absolute Gasteiger partial charge is 0 e. The van der Waals surface area contributed by atoms with Crippen molar-refractivity contribution in [3.8, 4) is 0 Å². The standard InChI is InChI=1S/Ba.4H2O.Sm.Ti.2H/h;4*1H2;;;;/q;;;;;;+4;;/p-4. The molecule has 0 aromatic carbocycles. The second-order valence-corrected chi connectivity index (χ2v) is 2.47. The van der Waals surface area contributed by atoms with Crippen molar-refractivity contribution in [2.45, 2.75) is 0 Å². The van der Waals surface area contributed by atoms with E-state index in [0.717, 1.165) is 0 Å². The summed E-state index contributed by atoms with van der Waals surface area (Å²) in [7, 11) is 0. The van der Waals surface area contributed by atoms with Gasteiger partial charge in [0.1, 0.15) is 0 Å². The minimum absolute atomic E-state index is 0. The third kappa shape index (κ3) is 43.9. The van der Waals surface area contributed by atoms with Crippen LogP contribution in [0.15, 0.2) is 0 Å². The SMILES string of the molecule is [BaH2].[OH][Ti]([OH])([OH])[OH].[Sm]. The first-order valence-electron chi connectivity index (χ1n) is 0.894. The Kier molecular flexibility index (Phi) is 18.2. The van der Waals surface area contributed by atoms with Crippen LogP contribution in [0.3, 0.4) is 0 Å². The van der Waals surface area contributed by atoms with Crippen LogP contribution in [0.1, 0.15) is 0 Å². The third-order valence-electron chi connectivity index (χ3n) is 0. The second-order valence-electron chi connectivity index (χ2n) is 0.600. The van der Waals surface area contributed by atoms with E-state index >= 15 is 0 Å². The molecule has 0 radical (unpaired) electrons. The molecule has 0 aliphatic heterocycles. The van der Waals surface area contributed by atoms with E-state index in [2.05, 4.69) is 0 Å². The summed E-state index contributed by atoms with van der Waals surface area (Å²) in [5.74, 6) is 0. The Morgan fingerprint density at radius 2 is 0.857 bits per heavy atom. The van der Waals surface area contributed by atoms with Gasteiger partial charge in [-0.25, -0.2) is 0 Å². The molecule has 0 aromatic heterocycles. The summed E-state index contributed by atoms with van der Waals surface area (Å²) in [6, 6.07) is 0. The molecule has 0 aliphatic rings. The molecule has 0 atom stereocenters. The Bertz CT molecular complexity index is 27.2. The zero-order valence-electron chi connectivity index (χ0n) is 2.70. The van der Waals surface area contributed by atoms with Crippen LogP contribution >= 0.6 is 0 Å². The summed E-state index contributed by atoms with van der Waals surface area (Å²) in [5.41, 5.74) is 0. The Labute approximate surface area is 119 Å². The Balaban J connectivity index is -0.0000000800. The Hall–Kier alpha value is 3.46. The van der Waals surface area contributed by atoms with Crippen LogP contribution in [0.4, 0.5) is 0 Å². The minimum atomic E-state index is -5.00. The van der Waals surface area contributed by atoms with Crippen LogP contribution < -0.4 is 0 Å². The van der Waals surface area contributed by atoms with Crippen molar-refractivity contribution >= 4 is 48.9 Å². The number of hydrogen-bond donors (Lipinski definition) is 4. The monoisotopic (exact) mass is 408 g/mol. The van der Waals surface area contributed by atoms with Crippen LogP contribution in [0.2, 0.25) is 0 Å². The maximum atomic E-state index is 7.38. The van der Waals surface area contributed by atoms with Crippen molar-refractivity contribution in [2.75, 3.05) is 0 Å². The van der Waals surface area contributed by atoms with Crippen molar-refractivity contribution in [3.05, 3.63) is 0 Å². The molecule has 7 heteroatoms. The quantitative estimate of drug-likeness (QED) is 0.321. The van der Waals surface area contributed by atoms with Gasteiger partial charge in [-0.1, -0.05) is 0 Å². The molecule has 42 valence electrons. The molecule has 0 bridgehead atoms. The van der Waals surface area contributed by atoms with E-state index in [0.29, 0.717) is 0 Å². The van der Waals surface area contributed by atoms with E-state index in [1.54, 1.807) is 0 Å². The van der Waals surface area contributed by atoms with Crippen molar-refractivity contribution < 1.29 is 73.3 Å². The summed E-state index contributed by atoms with van der Waals surface area (Å²) in [6.45, 7) is 0. The molecule has 0 saturated heterocycles. The molecule has 0 unspecified atom stereocenters. The van der Waals surface area contributed by atoms with Gasteiger partial charge < -0.3 is 0 Å². The van der Waals surface area contributed by atoms with Crippen molar-refractivity contribution in [2.24, 2.45) is 0 Å². The van der Waals surface area contributed by atoms with Crippen LogP contribution in [-0.4, -0.2) is 63.6 Å². The molecule has 0 saturated carbocycles. The predicted octanol–water partition coefficient (Wildman–Crippen LogP) is -3.15. The summed E-state index contributed by atoms with van der Waals surface area (Å²) < 4.78 is 29.5. The first-order chi connectivity index (χ1) is 2.00. The Morgan fingerprint density at radius 3 is 0.857 bits per heavy atom. The van der Waals surface area contributed by atoms with Gasteiger partial charge in [0.05, 0.1) is 0 Å². The van der Waals surface area contributed by atoms with Gasteiger partial charge in [-0.2, -0.15) is 0 Å². The molecule has 0 fully saturated rings. The van der Waals surface area contributed by atoms with Gasteiger partial charge >= 0.3 is 81.8 Å². The fraction of sp³-hybridized carbons (Fsp3) is 0. The maximum Gasteiger partial charge on any atom is 0 e. The summed E-state index contributed by atoms with van der Waals surface area (Å²) in [6.07, 6.45) is 0. The summed E-state index contributed by atoms with van der Waals surface area (Å²) in [5, 5.41) is 0. The van der Waals surface area contributed by atoms with Crippen molar-refractivity contribution in [3.63, 3.8) is 0 Å². The number of hydrogen-bond acceptors (Lipinski definition) is 4. The molecular weight excluding hydrogens is 400 g/mol. The topological polar surface area (TPSA) is 80.9 Å². The van der Waals surface area contributed by atoms with Crippen molar-refractivity contribution in [1.29, 1.82) is 0 Å². The normalized spacial score (nSPS) is 8.57. The van der Waals surface area contributed by atoms with Gasteiger partial charge in [0.15, 0.2) is 0 Å². The van der Waals surface area contributed by atoms with Gasteiger partial charge in [-0.15, -0.1) is 0 Å². The van der Waals surface area contributed by atoms with Gasteiger partial charge in [-0.05, 0) is 0 Å². The molecular formula is H6BaO4SmTi. The first-order valence-corrected chi connectivity index (χ1v) is 3.69. The molecule has 0 spiro atoms. The summed E-state index contributed by atoms with van der Waals surface area (Å²) >= 11 is -5.00. The van der Waals surface area contributed by atoms with Crippen LogP contribution in [0.5, 0.6) is 0 Å². The fourth-order valence-corrected chi connectivity index (χ4v) is 0. The zero-order chi connectivity index (χ0) is 4.50. The minimum Gasteiger partial charge on any atom is 0 e. The summed E-state index contributed by atoms with van der Waals surface area (Å²) in [4.78, 5) is 0. The number of rotatable bonds is 0. The molecule has 0 rings (SSSR count). The van der Waals surface area contributed by atoms with Crippen LogP contribution in [0.25, 0.3) is 0 Å². The predicted molar refractivity (Wildman–Crippen MR) is 17.4 cm³/mol. The molecule has 4 N–H and O–H groups in total. The molecule has 7 heavy (non-hydrogen) atoms. The fourth-order valence-electron chi connectivity index (χ4n) is 0. The van der Waals surface area contributed by atoms with Gasteiger partial charge in [0.25, 0.3) is 0 Å². The third-order valence-corrected chi connectivity index (χ3v) is 0. The van der Waals surface area contributed by atoms with E-state index in [1.165, 1.54) is 0 Å². The average Bonchev–Trinajstić information content (AvgIpc) is 0.722. The van der Waals surface area contributed by atoms with Gasteiger partial charge in [0, 0.05) is 40.4 Å². The first kappa shape index (κ1) is 16.8. The second kappa shape index (κ2) is 7.57. The van der Waals surface area contributed by atoms with Crippen LogP contribution in [0, 0.1) is 40.4 Å². The Morgan fingerprint density at radius 1 is 0.857 bits per heavy atom. The maximum absolute atomic E-state index is 7.38. The van der Waals surface area contributed by atoms with Crippen LogP contribution in [-0.2, 0) is 18.1 Å². The molecule has 0 amide bonds. The van der Waals surface area contributed by atoms with E-state index in [9.17, 15) is 0 Å². The molecule has 0 aromatic rings. The van der Waals surface area contributed by atoms with Gasteiger partial charge in [0.2, 0.25) is 0 Å².